The number of para-hydroxylation sites is 1. The Morgan fingerprint density at radius 1 is 0.900 bits per heavy atom. The predicted molar refractivity (Wildman–Crippen MR) is 122 cm³/mol. The molecule has 0 fully saturated rings. The molecule has 5 aromatic rings. The zero-order chi connectivity index (χ0) is 20.7. The molecule has 0 aliphatic heterocycles. The second-order valence-electron chi connectivity index (χ2n) is 7.34. The monoisotopic (exact) mass is 412 g/mol. The van der Waals surface area contributed by atoms with Crippen molar-refractivity contribution in [1.29, 1.82) is 0 Å². The van der Waals surface area contributed by atoms with Crippen LogP contribution in [-0.2, 0) is 5.75 Å². The Bertz CT molecular complexity index is 1440. The van der Waals surface area contributed by atoms with Gasteiger partial charge in [-0.15, -0.1) is 10.2 Å². The lowest BCUT2D eigenvalue weighted by molar-refractivity contribution is 0.928. The Kier molecular flexibility index (Phi) is 4.64. The zero-order valence-electron chi connectivity index (χ0n) is 16.7. The molecule has 0 saturated carbocycles. The summed E-state index contributed by atoms with van der Waals surface area (Å²) in [6.45, 7) is 4.06. The van der Waals surface area contributed by atoms with Crippen LogP contribution in [-0.4, -0.2) is 19.2 Å². The number of thioether (sulfide) groups is 1. The number of nitrogens with zero attached hydrogens (tertiary/aromatic N) is 4. The SMILES string of the molecule is Cc1ccc(-n2c(=O)c3ccccc3n3c(SCc4ccccc4)nnc23)c(C)c1. The maximum Gasteiger partial charge on any atom is 0.267 e. The first-order chi connectivity index (χ1) is 14.6. The van der Waals surface area contributed by atoms with Crippen LogP contribution in [0.4, 0.5) is 0 Å². The molecule has 0 atom stereocenters. The summed E-state index contributed by atoms with van der Waals surface area (Å²) in [6.07, 6.45) is 0. The molecule has 3 aromatic carbocycles. The van der Waals surface area contributed by atoms with E-state index in [4.69, 9.17) is 0 Å². The lowest BCUT2D eigenvalue weighted by Gasteiger charge is -2.13. The molecule has 148 valence electrons. The summed E-state index contributed by atoms with van der Waals surface area (Å²) in [5.74, 6) is 1.31. The normalized spacial score (nSPS) is 11.4. The van der Waals surface area contributed by atoms with Gasteiger partial charge in [-0.05, 0) is 43.2 Å². The fourth-order valence-corrected chi connectivity index (χ4v) is 4.66. The molecular weight excluding hydrogens is 392 g/mol. The highest BCUT2D eigenvalue weighted by molar-refractivity contribution is 7.98. The van der Waals surface area contributed by atoms with Crippen molar-refractivity contribution in [2.24, 2.45) is 0 Å². The second kappa shape index (κ2) is 7.46. The molecule has 2 aromatic heterocycles. The van der Waals surface area contributed by atoms with Gasteiger partial charge in [0, 0.05) is 5.75 Å². The van der Waals surface area contributed by atoms with E-state index in [1.807, 2.05) is 72.8 Å². The fourth-order valence-electron chi connectivity index (χ4n) is 3.77. The summed E-state index contributed by atoms with van der Waals surface area (Å²) < 4.78 is 3.67. The number of rotatable bonds is 4. The van der Waals surface area contributed by atoms with Gasteiger partial charge in [0.2, 0.25) is 5.78 Å². The highest BCUT2D eigenvalue weighted by atomic mass is 32.2. The number of aromatic nitrogens is 4. The zero-order valence-corrected chi connectivity index (χ0v) is 17.6. The van der Waals surface area contributed by atoms with Gasteiger partial charge in [0.15, 0.2) is 5.16 Å². The number of fused-ring (bicyclic) bond motifs is 3. The third kappa shape index (κ3) is 3.09. The van der Waals surface area contributed by atoms with E-state index in [2.05, 4.69) is 28.4 Å². The van der Waals surface area contributed by atoms with E-state index >= 15 is 0 Å². The highest BCUT2D eigenvalue weighted by Gasteiger charge is 2.18. The minimum Gasteiger partial charge on any atom is -0.268 e. The highest BCUT2D eigenvalue weighted by Crippen LogP contribution is 2.26. The molecule has 0 N–H and O–H groups in total. The third-order valence-corrected chi connectivity index (χ3v) is 6.20. The van der Waals surface area contributed by atoms with Crippen molar-refractivity contribution in [2.45, 2.75) is 24.8 Å². The van der Waals surface area contributed by atoms with Crippen LogP contribution in [0.25, 0.3) is 22.4 Å². The molecule has 0 amide bonds. The molecule has 6 heteroatoms. The minimum absolute atomic E-state index is 0.0861. The number of benzene rings is 3. The van der Waals surface area contributed by atoms with Crippen LogP contribution in [0.2, 0.25) is 0 Å². The topological polar surface area (TPSA) is 52.2 Å². The second-order valence-corrected chi connectivity index (χ2v) is 8.28. The Morgan fingerprint density at radius 3 is 2.47 bits per heavy atom. The van der Waals surface area contributed by atoms with E-state index in [-0.39, 0.29) is 5.56 Å². The van der Waals surface area contributed by atoms with E-state index in [0.29, 0.717) is 11.2 Å². The van der Waals surface area contributed by atoms with Crippen molar-refractivity contribution in [3.8, 4) is 5.69 Å². The third-order valence-electron chi connectivity index (χ3n) is 5.20. The summed E-state index contributed by atoms with van der Waals surface area (Å²) >= 11 is 1.61. The smallest absolute Gasteiger partial charge is 0.267 e. The molecule has 30 heavy (non-hydrogen) atoms. The quantitative estimate of drug-likeness (QED) is 0.392. The van der Waals surface area contributed by atoms with E-state index in [1.165, 1.54) is 5.56 Å². The fraction of sp³-hybridized carbons (Fsp3) is 0.125. The van der Waals surface area contributed by atoms with Crippen LogP contribution in [0.3, 0.4) is 0 Å². The first-order valence-electron chi connectivity index (χ1n) is 9.77. The molecule has 0 aliphatic rings. The van der Waals surface area contributed by atoms with E-state index in [1.54, 1.807) is 16.3 Å². The minimum atomic E-state index is -0.0861. The lowest BCUT2D eigenvalue weighted by Crippen LogP contribution is -2.22. The van der Waals surface area contributed by atoms with E-state index in [9.17, 15) is 4.79 Å². The van der Waals surface area contributed by atoms with Crippen LogP contribution in [0, 0.1) is 13.8 Å². The molecule has 0 aliphatic carbocycles. The maximum absolute atomic E-state index is 13.4. The number of hydrogen-bond donors (Lipinski definition) is 0. The maximum atomic E-state index is 13.4. The van der Waals surface area contributed by atoms with Gasteiger partial charge in [-0.3, -0.25) is 9.20 Å². The standard InChI is InChI=1S/C24H20N4OS/c1-16-12-13-20(17(2)14-16)27-22(29)19-10-6-7-11-21(19)28-23(27)25-26-24(28)30-15-18-8-4-3-5-9-18/h3-14H,15H2,1-2H3. The van der Waals surface area contributed by atoms with Gasteiger partial charge in [0.05, 0.1) is 16.6 Å². The summed E-state index contributed by atoms with van der Waals surface area (Å²) in [4.78, 5) is 13.4. The van der Waals surface area contributed by atoms with Gasteiger partial charge in [0.25, 0.3) is 5.56 Å². The summed E-state index contributed by atoms with van der Waals surface area (Å²) in [6, 6.07) is 24.0. The molecule has 0 unspecified atom stereocenters. The summed E-state index contributed by atoms with van der Waals surface area (Å²) in [5, 5.41) is 10.3. The number of hydrogen-bond acceptors (Lipinski definition) is 4. The van der Waals surface area contributed by atoms with Crippen molar-refractivity contribution in [2.75, 3.05) is 0 Å². The van der Waals surface area contributed by atoms with Crippen molar-refractivity contribution in [3.05, 3.63) is 99.8 Å². The Morgan fingerprint density at radius 2 is 1.67 bits per heavy atom. The van der Waals surface area contributed by atoms with Gasteiger partial charge < -0.3 is 0 Å². The molecule has 0 spiro atoms. The molecule has 5 rings (SSSR count). The first kappa shape index (κ1) is 18.6. The average molecular weight is 413 g/mol. The first-order valence-corrected chi connectivity index (χ1v) is 10.8. The van der Waals surface area contributed by atoms with Crippen LogP contribution in [0.5, 0.6) is 0 Å². The van der Waals surface area contributed by atoms with Crippen LogP contribution in [0.15, 0.2) is 82.7 Å². The van der Waals surface area contributed by atoms with Crippen LogP contribution >= 0.6 is 11.8 Å². The average Bonchev–Trinajstić information content (AvgIpc) is 3.18. The Balaban J connectivity index is 1.76. The molecule has 0 radical (unpaired) electrons. The van der Waals surface area contributed by atoms with Gasteiger partial charge in [-0.1, -0.05) is 71.9 Å². The molecule has 0 saturated heterocycles. The summed E-state index contributed by atoms with van der Waals surface area (Å²) in [5.41, 5.74) is 4.95. The van der Waals surface area contributed by atoms with Gasteiger partial charge in [0.1, 0.15) is 0 Å². The van der Waals surface area contributed by atoms with E-state index < -0.39 is 0 Å². The van der Waals surface area contributed by atoms with Gasteiger partial charge in [-0.2, -0.15) is 0 Å². The molecule has 2 heterocycles. The Hall–Kier alpha value is -3.38. The van der Waals surface area contributed by atoms with Crippen molar-refractivity contribution >= 4 is 28.4 Å². The predicted octanol–water partition coefficient (Wildman–Crippen LogP) is 4.94. The van der Waals surface area contributed by atoms with Crippen LogP contribution < -0.4 is 5.56 Å². The molecule has 5 nitrogen and oxygen atoms in total. The van der Waals surface area contributed by atoms with Crippen molar-refractivity contribution < 1.29 is 0 Å². The largest absolute Gasteiger partial charge is 0.268 e. The Labute approximate surface area is 178 Å². The van der Waals surface area contributed by atoms with E-state index in [0.717, 1.165) is 33.2 Å². The van der Waals surface area contributed by atoms with Gasteiger partial charge >= 0.3 is 0 Å². The van der Waals surface area contributed by atoms with Crippen molar-refractivity contribution in [3.63, 3.8) is 0 Å². The molecule has 0 bridgehead atoms. The lowest BCUT2D eigenvalue weighted by atomic mass is 10.1. The summed E-state index contributed by atoms with van der Waals surface area (Å²) in [7, 11) is 0. The van der Waals surface area contributed by atoms with Crippen molar-refractivity contribution in [1.82, 2.24) is 19.2 Å². The number of aryl methyl sites for hydroxylation is 2. The molecular formula is C24H20N4OS. The van der Waals surface area contributed by atoms with Crippen LogP contribution in [0.1, 0.15) is 16.7 Å². The van der Waals surface area contributed by atoms with Gasteiger partial charge in [-0.25, -0.2) is 4.57 Å².